The molecular formula is C19H29ClN4O. The van der Waals surface area contributed by atoms with Gasteiger partial charge in [-0.3, -0.25) is 4.79 Å². The molecule has 25 heavy (non-hydrogen) atoms. The van der Waals surface area contributed by atoms with Crippen LogP contribution in [0.5, 0.6) is 0 Å². The maximum atomic E-state index is 12.8. The molecule has 2 rings (SSSR count). The number of rotatable bonds is 6. The van der Waals surface area contributed by atoms with Gasteiger partial charge in [0.2, 0.25) is 0 Å². The van der Waals surface area contributed by atoms with Gasteiger partial charge < -0.3 is 10.6 Å². The smallest absolute Gasteiger partial charge is 0.257 e. The highest BCUT2D eigenvalue weighted by Gasteiger charge is 2.22. The molecule has 138 valence electrons. The summed E-state index contributed by atoms with van der Waals surface area (Å²) in [4.78, 5) is 14.6. The summed E-state index contributed by atoms with van der Waals surface area (Å²) in [5, 5.41) is 4.55. The largest absolute Gasteiger partial charge is 0.342 e. The molecule has 5 nitrogen and oxygen atoms in total. The van der Waals surface area contributed by atoms with E-state index in [1.54, 1.807) is 4.90 Å². The van der Waals surface area contributed by atoms with Crippen molar-refractivity contribution < 1.29 is 4.79 Å². The minimum atomic E-state index is 0. The second-order valence-corrected chi connectivity index (χ2v) is 6.72. The van der Waals surface area contributed by atoms with Gasteiger partial charge in [0.1, 0.15) is 0 Å². The van der Waals surface area contributed by atoms with Crippen LogP contribution in [0.15, 0.2) is 30.3 Å². The molecule has 2 N–H and O–H groups in total. The topological polar surface area (TPSA) is 64.2 Å². The standard InChI is InChI=1S/C19H28N4O.ClH/c1-13(2)17(20)11-12-22(5)19(24)18-14(3)21-23(15(18)4)16-9-7-6-8-10-16;/h6-10,13,17H,11-12,20H2,1-5H3;1H. The molecule has 0 fully saturated rings. The lowest BCUT2D eigenvalue weighted by molar-refractivity contribution is 0.0787. The Bertz CT molecular complexity index is 697. The Morgan fingerprint density at radius 3 is 2.40 bits per heavy atom. The average Bonchev–Trinajstić information content (AvgIpc) is 2.86. The summed E-state index contributed by atoms with van der Waals surface area (Å²) < 4.78 is 1.83. The van der Waals surface area contributed by atoms with Gasteiger partial charge in [-0.15, -0.1) is 12.4 Å². The Morgan fingerprint density at radius 2 is 1.84 bits per heavy atom. The number of aryl methyl sites for hydroxylation is 1. The fraction of sp³-hybridized carbons (Fsp3) is 0.474. The van der Waals surface area contributed by atoms with E-state index in [4.69, 9.17) is 5.73 Å². The SMILES string of the molecule is Cc1nn(-c2ccccc2)c(C)c1C(=O)N(C)CCC(N)C(C)C.Cl. The number of benzene rings is 1. The summed E-state index contributed by atoms with van der Waals surface area (Å²) in [6, 6.07) is 9.97. The molecule has 0 aliphatic heterocycles. The van der Waals surface area contributed by atoms with E-state index in [9.17, 15) is 4.79 Å². The number of amides is 1. The van der Waals surface area contributed by atoms with E-state index in [-0.39, 0.29) is 24.4 Å². The molecule has 1 aromatic heterocycles. The van der Waals surface area contributed by atoms with Crippen molar-refractivity contribution in [1.82, 2.24) is 14.7 Å². The van der Waals surface area contributed by atoms with Gasteiger partial charge in [-0.1, -0.05) is 32.0 Å². The zero-order valence-electron chi connectivity index (χ0n) is 15.7. The molecule has 1 atom stereocenters. The highest BCUT2D eigenvalue weighted by Crippen LogP contribution is 2.19. The van der Waals surface area contributed by atoms with E-state index in [2.05, 4.69) is 18.9 Å². The maximum absolute atomic E-state index is 12.8. The molecule has 1 aromatic carbocycles. The third-order valence-electron chi connectivity index (χ3n) is 4.51. The van der Waals surface area contributed by atoms with E-state index in [0.29, 0.717) is 18.0 Å². The van der Waals surface area contributed by atoms with Gasteiger partial charge in [-0.25, -0.2) is 4.68 Å². The molecule has 1 heterocycles. The second-order valence-electron chi connectivity index (χ2n) is 6.72. The van der Waals surface area contributed by atoms with Crippen LogP contribution in [0.3, 0.4) is 0 Å². The van der Waals surface area contributed by atoms with Crippen molar-refractivity contribution in [3.63, 3.8) is 0 Å². The first-order valence-corrected chi connectivity index (χ1v) is 8.45. The first-order valence-electron chi connectivity index (χ1n) is 8.45. The molecule has 0 bridgehead atoms. The lowest BCUT2D eigenvalue weighted by atomic mass is 10.0. The Kier molecular flexibility index (Phi) is 7.64. The molecule has 0 saturated heterocycles. The zero-order valence-corrected chi connectivity index (χ0v) is 16.5. The van der Waals surface area contributed by atoms with E-state index in [0.717, 1.165) is 23.5 Å². The van der Waals surface area contributed by atoms with Crippen molar-refractivity contribution in [3.05, 3.63) is 47.3 Å². The summed E-state index contributed by atoms with van der Waals surface area (Å²) in [5.41, 5.74) is 9.34. The first kappa shape index (κ1) is 21.2. The number of para-hydroxylation sites is 1. The van der Waals surface area contributed by atoms with E-state index in [1.165, 1.54) is 0 Å². The molecule has 0 radical (unpaired) electrons. The lowest BCUT2D eigenvalue weighted by Gasteiger charge is -2.21. The van der Waals surface area contributed by atoms with E-state index < -0.39 is 0 Å². The third kappa shape index (κ3) is 4.83. The van der Waals surface area contributed by atoms with Crippen molar-refractivity contribution in [2.75, 3.05) is 13.6 Å². The van der Waals surface area contributed by atoms with Gasteiger partial charge in [0, 0.05) is 19.6 Å². The van der Waals surface area contributed by atoms with Gasteiger partial charge in [-0.2, -0.15) is 5.10 Å². The zero-order chi connectivity index (χ0) is 17.9. The summed E-state index contributed by atoms with van der Waals surface area (Å²) in [5.74, 6) is 0.418. The van der Waals surface area contributed by atoms with Crippen LogP contribution in [0, 0.1) is 19.8 Å². The van der Waals surface area contributed by atoms with Gasteiger partial charge in [0.05, 0.1) is 22.6 Å². The molecule has 0 aliphatic rings. The van der Waals surface area contributed by atoms with Crippen molar-refractivity contribution >= 4 is 18.3 Å². The molecule has 1 unspecified atom stereocenters. The summed E-state index contributed by atoms with van der Waals surface area (Å²) in [7, 11) is 1.83. The van der Waals surface area contributed by atoms with Crippen LogP contribution >= 0.6 is 12.4 Å². The van der Waals surface area contributed by atoms with Crippen LogP contribution in [0.4, 0.5) is 0 Å². The molecule has 1 amide bonds. The normalized spacial score (nSPS) is 12.0. The van der Waals surface area contributed by atoms with E-state index >= 15 is 0 Å². The first-order chi connectivity index (χ1) is 11.3. The monoisotopic (exact) mass is 364 g/mol. The predicted molar refractivity (Wildman–Crippen MR) is 105 cm³/mol. The number of hydrogen-bond donors (Lipinski definition) is 1. The summed E-state index contributed by atoms with van der Waals surface area (Å²) in [6.07, 6.45) is 0.796. The van der Waals surface area contributed by atoms with Crippen LogP contribution < -0.4 is 5.73 Å². The molecule has 0 aliphatic carbocycles. The lowest BCUT2D eigenvalue weighted by Crippen LogP contribution is -2.35. The molecule has 0 saturated carbocycles. The minimum Gasteiger partial charge on any atom is -0.342 e. The highest BCUT2D eigenvalue weighted by molar-refractivity contribution is 5.96. The Labute approximate surface area is 156 Å². The average molecular weight is 365 g/mol. The number of halogens is 1. The van der Waals surface area contributed by atoms with Crippen LogP contribution in [-0.4, -0.2) is 40.2 Å². The summed E-state index contributed by atoms with van der Waals surface area (Å²) in [6.45, 7) is 8.67. The summed E-state index contributed by atoms with van der Waals surface area (Å²) >= 11 is 0. The Morgan fingerprint density at radius 1 is 1.24 bits per heavy atom. The number of aromatic nitrogens is 2. The predicted octanol–water partition coefficient (Wildman–Crippen LogP) is 3.36. The van der Waals surface area contributed by atoms with Gasteiger partial charge in [0.25, 0.3) is 5.91 Å². The molecular weight excluding hydrogens is 336 g/mol. The number of nitrogens with zero attached hydrogens (tertiary/aromatic N) is 3. The number of nitrogens with two attached hydrogens (primary N) is 1. The second kappa shape index (κ2) is 9.02. The fourth-order valence-electron chi connectivity index (χ4n) is 2.74. The molecule has 0 spiro atoms. The number of carbonyl (C=O) groups is 1. The quantitative estimate of drug-likeness (QED) is 0.854. The van der Waals surface area contributed by atoms with Crippen molar-refractivity contribution in [1.29, 1.82) is 0 Å². The van der Waals surface area contributed by atoms with Crippen LogP contribution in [-0.2, 0) is 0 Å². The Balaban J connectivity index is 0.00000312. The van der Waals surface area contributed by atoms with Crippen LogP contribution in [0.2, 0.25) is 0 Å². The van der Waals surface area contributed by atoms with Gasteiger partial charge >= 0.3 is 0 Å². The highest BCUT2D eigenvalue weighted by atomic mass is 35.5. The van der Waals surface area contributed by atoms with Gasteiger partial charge in [0.15, 0.2) is 0 Å². The number of hydrogen-bond acceptors (Lipinski definition) is 3. The Hall–Kier alpha value is -1.85. The van der Waals surface area contributed by atoms with Crippen LogP contribution in [0.25, 0.3) is 5.69 Å². The minimum absolute atomic E-state index is 0. The molecule has 6 heteroatoms. The fourth-order valence-corrected chi connectivity index (χ4v) is 2.74. The van der Waals surface area contributed by atoms with Crippen molar-refractivity contribution in [3.8, 4) is 5.69 Å². The van der Waals surface area contributed by atoms with E-state index in [1.807, 2.05) is 55.9 Å². The van der Waals surface area contributed by atoms with Gasteiger partial charge in [-0.05, 0) is 38.3 Å². The molecule has 2 aromatic rings. The third-order valence-corrected chi connectivity index (χ3v) is 4.51. The number of carbonyl (C=O) groups excluding carboxylic acids is 1. The van der Waals surface area contributed by atoms with Crippen molar-refractivity contribution in [2.24, 2.45) is 11.7 Å². The van der Waals surface area contributed by atoms with Crippen molar-refractivity contribution in [2.45, 2.75) is 40.2 Å². The maximum Gasteiger partial charge on any atom is 0.257 e. The van der Waals surface area contributed by atoms with Crippen LogP contribution in [0.1, 0.15) is 42.0 Å².